The highest BCUT2D eigenvalue weighted by Crippen LogP contribution is 2.24. The maximum absolute atomic E-state index is 5.04. The molecule has 0 aliphatic heterocycles. The van der Waals surface area contributed by atoms with Crippen molar-refractivity contribution >= 4 is 27.6 Å². The first-order chi connectivity index (χ1) is 11.3. The molecule has 1 aromatic carbocycles. The molecule has 0 atom stereocenters. The van der Waals surface area contributed by atoms with Gasteiger partial charge in [0.05, 0.1) is 11.7 Å². The lowest BCUT2D eigenvalue weighted by molar-refractivity contribution is 0.408. The van der Waals surface area contributed by atoms with Crippen LogP contribution in [0.4, 0.5) is 5.69 Å². The van der Waals surface area contributed by atoms with E-state index in [1.807, 2.05) is 6.07 Å². The lowest BCUT2D eigenvalue weighted by Crippen LogP contribution is -2.41. The molecule has 1 aromatic rings. The van der Waals surface area contributed by atoms with E-state index in [1.54, 1.807) is 0 Å². The van der Waals surface area contributed by atoms with E-state index in [0.29, 0.717) is 12.1 Å². The normalized spacial score (nSPS) is 21.2. The van der Waals surface area contributed by atoms with Crippen molar-refractivity contribution in [2.24, 2.45) is 4.99 Å². The molecule has 2 aliphatic rings. The Morgan fingerprint density at radius 2 is 1.57 bits per heavy atom. The van der Waals surface area contributed by atoms with Gasteiger partial charge in [0.25, 0.3) is 0 Å². The molecule has 23 heavy (non-hydrogen) atoms. The Balaban J connectivity index is 1.71. The Morgan fingerprint density at radius 3 is 2.26 bits per heavy atom. The maximum atomic E-state index is 5.04. The predicted octanol–water partition coefficient (Wildman–Crippen LogP) is 5.47. The second kappa shape index (κ2) is 8.72. The first-order valence-corrected chi connectivity index (χ1v) is 9.96. The molecule has 2 fully saturated rings. The van der Waals surface area contributed by atoms with Crippen molar-refractivity contribution in [3.8, 4) is 0 Å². The Kier molecular flexibility index (Phi) is 6.37. The van der Waals surface area contributed by atoms with Crippen LogP contribution >= 0.6 is 15.9 Å². The summed E-state index contributed by atoms with van der Waals surface area (Å²) >= 11 is 3.63. The number of rotatable bonds is 3. The highest BCUT2D eigenvalue weighted by Gasteiger charge is 2.18. The van der Waals surface area contributed by atoms with Crippen LogP contribution in [0.5, 0.6) is 0 Å². The van der Waals surface area contributed by atoms with Gasteiger partial charge in [0.1, 0.15) is 0 Å². The molecular weight excluding hydrogens is 350 g/mol. The Bertz CT molecular complexity index is 517. The number of para-hydroxylation sites is 1. The minimum atomic E-state index is 0.477. The van der Waals surface area contributed by atoms with Gasteiger partial charge in [-0.1, -0.05) is 50.7 Å². The number of halogens is 1. The average Bonchev–Trinajstić information content (AvgIpc) is 2.59. The summed E-state index contributed by atoms with van der Waals surface area (Å²) in [6, 6.07) is 9.32. The SMILES string of the molecule is Brc1ccccc1NC(=NC1CCCCC1)NC1CCCCC1. The summed E-state index contributed by atoms with van der Waals surface area (Å²) in [5.41, 5.74) is 1.09. The van der Waals surface area contributed by atoms with Crippen molar-refractivity contribution in [2.75, 3.05) is 5.32 Å². The van der Waals surface area contributed by atoms with Crippen LogP contribution in [-0.4, -0.2) is 18.0 Å². The molecule has 3 nitrogen and oxygen atoms in total. The fourth-order valence-corrected chi connectivity index (χ4v) is 4.01. The lowest BCUT2D eigenvalue weighted by atomic mass is 9.95. The molecule has 0 amide bonds. The van der Waals surface area contributed by atoms with E-state index in [2.05, 4.69) is 44.8 Å². The fourth-order valence-electron chi connectivity index (χ4n) is 3.63. The van der Waals surface area contributed by atoms with Crippen molar-refractivity contribution in [1.82, 2.24) is 5.32 Å². The molecule has 2 N–H and O–H groups in total. The second-order valence-corrected chi connectivity index (χ2v) is 7.71. The summed E-state index contributed by atoms with van der Waals surface area (Å²) < 4.78 is 1.08. The van der Waals surface area contributed by atoms with E-state index in [-0.39, 0.29) is 0 Å². The number of anilines is 1. The van der Waals surface area contributed by atoms with Crippen LogP contribution in [0.25, 0.3) is 0 Å². The van der Waals surface area contributed by atoms with Crippen LogP contribution in [-0.2, 0) is 0 Å². The molecule has 126 valence electrons. The number of guanidine groups is 1. The van der Waals surface area contributed by atoms with E-state index >= 15 is 0 Å². The fraction of sp³-hybridized carbons (Fsp3) is 0.632. The standard InChI is InChI=1S/C19H28BrN3/c20-17-13-7-8-14-18(17)23-19(21-15-9-3-1-4-10-15)22-16-11-5-2-6-12-16/h7-8,13-16H,1-6,9-12H2,(H2,21,22,23). The number of hydrogen-bond donors (Lipinski definition) is 2. The van der Waals surface area contributed by atoms with Crippen molar-refractivity contribution in [1.29, 1.82) is 0 Å². The summed E-state index contributed by atoms with van der Waals surface area (Å²) in [7, 11) is 0. The van der Waals surface area contributed by atoms with Gasteiger partial charge in [0.2, 0.25) is 0 Å². The van der Waals surface area contributed by atoms with Crippen LogP contribution in [0.15, 0.2) is 33.7 Å². The molecule has 0 heterocycles. The van der Waals surface area contributed by atoms with Gasteiger partial charge < -0.3 is 10.6 Å². The minimum Gasteiger partial charge on any atom is -0.353 e. The van der Waals surface area contributed by atoms with E-state index in [1.165, 1.54) is 64.2 Å². The van der Waals surface area contributed by atoms with Gasteiger partial charge in [-0.15, -0.1) is 0 Å². The highest BCUT2D eigenvalue weighted by molar-refractivity contribution is 9.10. The van der Waals surface area contributed by atoms with Gasteiger partial charge in [-0.25, -0.2) is 4.99 Å². The molecule has 0 spiro atoms. The van der Waals surface area contributed by atoms with E-state index in [9.17, 15) is 0 Å². The van der Waals surface area contributed by atoms with Crippen LogP contribution in [0, 0.1) is 0 Å². The third kappa shape index (κ3) is 5.23. The van der Waals surface area contributed by atoms with Crippen LogP contribution < -0.4 is 10.6 Å². The Hall–Kier alpha value is -1.03. The third-order valence-corrected chi connectivity index (χ3v) is 5.65. The van der Waals surface area contributed by atoms with Crippen molar-refractivity contribution in [2.45, 2.75) is 76.3 Å². The maximum Gasteiger partial charge on any atom is 0.196 e. The summed E-state index contributed by atoms with van der Waals surface area (Å²) in [6.45, 7) is 0. The van der Waals surface area contributed by atoms with Gasteiger partial charge >= 0.3 is 0 Å². The molecule has 2 aliphatic carbocycles. The Labute approximate surface area is 148 Å². The Morgan fingerprint density at radius 1 is 0.913 bits per heavy atom. The number of nitrogens with zero attached hydrogens (tertiary/aromatic N) is 1. The van der Waals surface area contributed by atoms with E-state index < -0.39 is 0 Å². The zero-order chi connectivity index (χ0) is 15.9. The largest absolute Gasteiger partial charge is 0.353 e. The number of aliphatic imine (C=N–C) groups is 1. The molecule has 0 bridgehead atoms. The van der Waals surface area contributed by atoms with E-state index in [0.717, 1.165) is 16.1 Å². The van der Waals surface area contributed by atoms with Crippen LogP contribution in [0.2, 0.25) is 0 Å². The molecule has 3 rings (SSSR count). The van der Waals surface area contributed by atoms with E-state index in [4.69, 9.17) is 4.99 Å². The smallest absolute Gasteiger partial charge is 0.196 e. The highest BCUT2D eigenvalue weighted by atomic mass is 79.9. The zero-order valence-electron chi connectivity index (χ0n) is 13.9. The zero-order valence-corrected chi connectivity index (χ0v) is 15.4. The summed E-state index contributed by atoms with van der Waals surface area (Å²) in [5.74, 6) is 0.968. The van der Waals surface area contributed by atoms with Gasteiger partial charge in [0.15, 0.2) is 5.96 Å². The lowest BCUT2D eigenvalue weighted by Gasteiger charge is -2.27. The topological polar surface area (TPSA) is 36.4 Å². The third-order valence-electron chi connectivity index (χ3n) is 4.96. The molecular formula is C19H28BrN3. The quantitative estimate of drug-likeness (QED) is 0.540. The number of nitrogens with one attached hydrogen (secondary N) is 2. The average molecular weight is 378 g/mol. The van der Waals surface area contributed by atoms with Crippen LogP contribution in [0.3, 0.4) is 0 Å². The molecule has 0 radical (unpaired) electrons. The first kappa shape index (κ1) is 16.8. The summed E-state index contributed by atoms with van der Waals surface area (Å²) in [5, 5.41) is 7.23. The molecule has 0 saturated heterocycles. The van der Waals surface area contributed by atoms with Crippen molar-refractivity contribution in [3.63, 3.8) is 0 Å². The van der Waals surface area contributed by atoms with Gasteiger partial charge in [-0.3, -0.25) is 0 Å². The van der Waals surface area contributed by atoms with Gasteiger partial charge in [0, 0.05) is 10.5 Å². The molecule has 0 unspecified atom stereocenters. The van der Waals surface area contributed by atoms with Gasteiger partial charge in [-0.2, -0.15) is 0 Å². The first-order valence-electron chi connectivity index (χ1n) is 9.17. The monoisotopic (exact) mass is 377 g/mol. The van der Waals surface area contributed by atoms with Crippen molar-refractivity contribution < 1.29 is 0 Å². The summed E-state index contributed by atoms with van der Waals surface area (Å²) in [6.07, 6.45) is 13.1. The second-order valence-electron chi connectivity index (χ2n) is 6.85. The predicted molar refractivity (Wildman–Crippen MR) is 102 cm³/mol. The summed E-state index contributed by atoms with van der Waals surface area (Å²) in [4.78, 5) is 5.04. The molecule has 0 aromatic heterocycles. The van der Waals surface area contributed by atoms with Crippen LogP contribution in [0.1, 0.15) is 64.2 Å². The minimum absolute atomic E-state index is 0.477. The van der Waals surface area contributed by atoms with Gasteiger partial charge in [-0.05, 0) is 53.7 Å². The number of benzene rings is 1. The number of hydrogen-bond acceptors (Lipinski definition) is 1. The molecule has 4 heteroatoms. The van der Waals surface area contributed by atoms with Crippen molar-refractivity contribution in [3.05, 3.63) is 28.7 Å². The molecule has 2 saturated carbocycles.